The second-order valence-electron chi connectivity index (χ2n) is 6.57. The van der Waals surface area contributed by atoms with E-state index in [9.17, 15) is 17.6 Å². The van der Waals surface area contributed by atoms with Gasteiger partial charge in [-0.3, -0.25) is 4.79 Å². The molecule has 154 valence electrons. The minimum absolute atomic E-state index is 0.0354. The zero-order valence-electron chi connectivity index (χ0n) is 15.9. The van der Waals surface area contributed by atoms with Gasteiger partial charge in [0.2, 0.25) is 15.0 Å². The fourth-order valence-corrected chi connectivity index (χ4v) is 4.87. The molecule has 0 spiro atoms. The Bertz CT molecular complexity index is 1350. The number of nitrogens with zero attached hydrogens (tertiary/aromatic N) is 3. The zero-order valence-corrected chi connectivity index (χ0v) is 17.5. The van der Waals surface area contributed by atoms with Crippen molar-refractivity contribution in [3.8, 4) is 11.4 Å². The Hall–Kier alpha value is -2.95. The molecule has 2 heterocycles. The number of thiazole rings is 1. The van der Waals surface area contributed by atoms with Crippen LogP contribution in [0.15, 0.2) is 58.8 Å². The minimum atomic E-state index is -3.76. The molecule has 0 bridgehead atoms. The third kappa shape index (κ3) is 4.02. The highest BCUT2D eigenvalue weighted by Crippen LogP contribution is 2.23. The van der Waals surface area contributed by atoms with Gasteiger partial charge in [-0.2, -0.15) is 4.98 Å². The molecular formula is C20H17FN4O3S2. The molecular weight excluding hydrogens is 427 g/mol. The van der Waals surface area contributed by atoms with Gasteiger partial charge in [0.15, 0.2) is 11.6 Å². The second-order valence-corrected chi connectivity index (χ2v) is 9.17. The van der Waals surface area contributed by atoms with E-state index < -0.39 is 15.8 Å². The Morgan fingerprint density at radius 3 is 2.77 bits per heavy atom. The van der Waals surface area contributed by atoms with Crippen LogP contribution in [0.2, 0.25) is 0 Å². The molecule has 0 radical (unpaired) electrons. The Morgan fingerprint density at radius 1 is 1.20 bits per heavy atom. The molecule has 1 N–H and O–H groups in total. The van der Waals surface area contributed by atoms with Gasteiger partial charge in [0, 0.05) is 23.9 Å². The van der Waals surface area contributed by atoms with E-state index in [-0.39, 0.29) is 23.0 Å². The third-order valence-corrected chi connectivity index (χ3v) is 6.81. The van der Waals surface area contributed by atoms with E-state index in [1.54, 1.807) is 28.8 Å². The molecule has 0 atom stereocenters. The Balaban J connectivity index is 1.50. The summed E-state index contributed by atoms with van der Waals surface area (Å²) in [5.41, 5.74) is 1.40. The zero-order chi connectivity index (χ0) is 21.3. The monoisotopic (exact) mass is 444 g/mol. The van der Waals surface area contributed by atoms with Crippen molar-refractivity contribution in [3.63, 3.8) is 0 Å². The summed E-state index contributed by atoms with van der Waals surface area (Å²) in [6, 6.07) is 12.2. The fraction of sp³-hybridized carbons (Fsp3) is 0.150. The third-order valence-electron chi connectivity index (χ3n) is 4.49. The molecule has 0 aliphatic rings. The molecule has 0 aliphatic carbocycles. The number of nitrogens with one attached hydrogen (secondary N) is 1. The van der Waals surface area contributed by atoms with Gasteiger partial charge in [0.1, 0.15) is 5.82 Å². The van der Waals surface area contributed by atoms with Gasteiger partial charge in [0.05, 0.1) is 16.2 Å². The smallest absolute Gasteiger partial charge is 0.240 e. The van der Waals surface area contributed by atoms with Gasteiger partial charge in [-0.1, -0.05) is 24.3 Å². The number of hydrogen-bond acceptors (Lipinski definition) is 6. The highest BCUT2D eigenvalue weighted by molar-refractivity contribution is 7.89. The van der Waals surface area contributed by atoms with E-state index >= 15 is 0 Å². The Kier molecular flexibility index (Phi) is 5.46. The van der Waals surface area contributed by atoms with Gasteiger partial charge in [0.25, 0.3) is 0 Å². The molecule has 0 aliphatic heterocycles. The maximum Gasteiger partial charge on any atom is 0.240 e. The molecule has 0 fully saturated rings. The lowest BCUT2D eigenvalue weighted by Gasteiger charge is -2.07. The molecule has 0 amide bonds. The number of sulfonamides is 1. The average molecular weight is 445 g/mol. The van der Waals surface area contributed by atoms with Crippen LogP contribution >= 0.6 is 11.3 Å². The number of rotatable bonds is 7. The van der Waals surface area contributed by atoms with Gasteiger partial charge in [-0.25, -0.2) is 22.0 Å². The average Bonchev–Trinajstić information content (AvgIpc) is 3.30. The molecule has 30 heavy (non-hydrogen) atoms. The summed E-state index contributed by atoms with van der Waals surface area (Å²) in [6.45, 7) is 1.52. The molecule has 0 saturated heterocycles. The van der Waals surface area contributed by atoms with Crippen LogP contribution in [0.4, 0.5) is 4.39 Å². The van der Waals surface area contributed by atoms with Gasteiger partial charge in [-0.05, 0) is 31.2 Å². The number of Topliss-reactive ketones (excluding diaryl/α,β-unsaturated/α-hetero) is 1. The van der Waals surface area contributed by atoms with Crippen LogP contribution in [0.25, 0.3) is 16.3 Å². The highest BCUT2D eigenvalue weighted by atomic mass is 32.2. The maximum absolute atomic E-state index is 14.0. The van der Waals surface area contributed by atoms with E-state index in [1.165, 1.54) is 42.5 Å². The number of hydrogen-bond donors (Lipinski definition) is 1. The lowest BCUT2D eigenvalue weighted by Crippen LogP contribution is -2.26. The molecule has 10 heteroatoms. The molecule has 0 unspecified atom stereocenters. The van der Waals surface area contributed by atoms with Crippen molar-refractivity contribution in [3.05, 3.63) is 71.0 Å². The predicted octanol–water partition coefficient (Wildman–Crippen LogP) is 3.32. The lowest BCUT2D eigenvalue weighted by atomic mass is 10.2. The van der Waals surface area contributed by atoms with Crippen LogP contribution < -0.4 is 4.72 Å². The van der Waals surface area contributed by atoms with Crippen LogP contribution in [0.5, 0.6) is 0 Å². The molecule has 2 aromatic heterocycles. The number of carbonyl (C=O) groups excluding carboxylic acids is 1. The van der Waals surface area contributed by atoms with Crippen molar-refractivity contribution in [2.24, 2.45) is 0 Å². The van der Waals surface area contributed by atoms with E-state index in [2.05, 4.69) is 14.8 Å². The fourth-order valence-electron chi connectivity index (χ4n) is 2.93. The van der Waals surface area contributed by atoms with Crippen molar-refractivity contribution < 1.29 is 17.6 Å². The number of halogens is 1. The van der Waals surface area contributed by atoms with Crippen LogP contribution in [0, 0.1) is 5.82 Å². The first kappa shape index (κ1) is 20.3. The predicted molar refractivity (Wildman–Crippen MR) is 112 cm³/mol. The first-order chi connectivity index (χ1) is 14.3. The van der Waals surface area contributed by atoms with Crippen LogP contribution in [0.3, 0.4) is 0 Å². The van der Waals surface area contributed by atoms with Gasteiger partial charge >= 0.3 is 0 Å². The number of ketones is 1. The maximum atomic E-state index is 14.0. The standard InChI is InChI=1S/C20H17FN4O3S2/c1-13(26)14-5-4-6-16(11-14)30(27,28)22-10-9-15-12-29-20-23-19(24-25(15)20)17-7-2-3-8-18(17)21/h2-8,11-12,22H,9-10H2,1H3. The summed E-state index contributed by atoms with van der Waals surface area (Å²) in [5.74, 6) is -0.328. The summed E-state index contributed by atoms with van der Waals surface area (Å²) in [7, 11) is -3.76. The lowest BCUT2D eigenvalue weighted by molar-refractivity contribution is 0.101. The van der Waals surface area contributed by atoms with Crippen LogP contribution in [-0.2, 0) is 16.4 Å². The summed E-state index contributed by atoms with van der Waals surface area (Å²) in [5, 5.41) is 6.21. The Labute approximate surface area is 176 Å². The van der Waals surface area contributed by atoms with Crippen molar-refractivity contribution >= 4 is 32.1 Å². The van der Waals surface area contributed by atoms with Crippen LogP contribution in [-0.4, -0.2) is 35.3 Å². The second kappa shape index (κ2) is 8.05. The van der Waals surface area contributed by atoms with Gasteiger partial charge in [-0.15, -0.1) is 16.4 Å². The molecule has 2 aromatic carbocycles. The highest BCUT2D eigenvalue weighted by Gasteiger charge is 2.17. The quantitative estimate of drug-likeness (QED) is 0.442. The van der Waals surface area contributed by atoms with Gasteiger partial charge < -0.3 is 0 Å². The van der Waals surface area contributed by atoms with E-state index in [0.717, 1.165) is 5.69 Å². The summed E-state index contributed by atoms with van der Waals surface area (Å²) >= 11 is 1.35. The number of carbonyl (C=O) groups is 1. The first-order valence-corrected chi connectivity index (χ1v) is 11.4. The normalized spacial score (nSPS) is 11.8. The number of aromatic nitrogens is 3. The molecule has 4 rings (SSSR count). The van der Waals surface area contributed by atoms with Crippen molar-refractivity contribution in [1.82, 2.24) is 19.3 Å². The SMILES string of the molecule is CC(=O)c1cccc(S(=O)(=O)NCCc2csc3nc(-c4ccccc4F)nn23)c1. The minimum Gasteiger partial charge on any atom is -0.295 e. The van der Waals surface area contributed by atoms with Crippen molar-refractivity contribution in [2.75, 3.05) is 6.54 Å². The molecule has 0 saturated carbocycles. The number of benzene rings is 2. The van der Waals surface area contributed by atoms with E-state index in [1.807, 2.05) is 5.38 Å². The number of fused-ring (bicyclic) bond motifs is 1. The van der Waals surface area contributed by atoms with E-state index in [4.69, 9.17) is 0 Å². The molecule has 4 aromatic rings. The summed E-state index contributed by atoms with van der Waals surface area (Å²) in [4.78, 5) is 16.5. The molecule has 7 nitrogen and oxygen atoms in total. The first-order valence-electron chi connectivity index (χ1n) is 9.04. The largest absolute Gasteiger partial charge is 0.295 e. The van der Waals surface area contributed by atoms with Crippen molar-refractivity contribution in [1.29, 1.82) is 0 Å². The van der Waals surface area contributed by atoms with Crippen LogP contribution in [0.1, 0.15) is 23.0 Å². The summed E-state index contributed by atoms with van der Waals surface area (Å²) in [6.07, 6.45) is 0.367. The van der Waals surface area contributed by atoms with E-state index in [0.29, 0.717) is 22.5 Å². The topological polar surface area (TPSA) is 93.4 Å². The summed E-state index contributed by atoms with van der Waals surface area (Å²) < 4.78 is 43.2. The Morgan fingerprint density at radius 2 is 2.00 bits per heavy atom. The van der Waals surface area contributed by atoms with Crippen molar-refractivity contribution in [2.45, 2.75) is 18.2 Å².